The van der Waals surface area contributed by atoms with E-state index in [4.69, 9.17) is 4.74 Å². The van der Waals surface area contributed by atoms with Crippen LogP contribution in [0.4, 0.5) is 5.69 Å². The van der Waals surface area contributed by atoms with Crippen molar-refractivity contribution in [2.24, 2.45) is 0 Å². The average Bonchev–Trinajstić information content (AvgIpc) is 2.63. The van der Waals surface area contributed by atoms with Gasteiger partial charge in [0.05, 0.1) is 12.3 Å². The van der Waals surface area contributed by atoms with E-state index < -0.39 is 0 Å². The van der Waals surface area contributed by atoms with E-state index in [-0.39, 0.29) is 11.5 Å². The van der Waals surface area contributed by atoms with Crippen molar-refractivity contribution in [3.8, 4) is 17.0 Å². The van der Waals surface area contributed by atoms with Gasteiger partial charge in [-0.15, -0.1) is 0 Å². The SMILES string of the molecule is CCOc1cccc(C(=O)Nc2cccc(-c3ccc(=O)[nH]n3)c2)c1. The maximum Gasteiger partial charge on any atom is 0.264 e. The zero-order valence-corrected chi connectivity index (χ0v) is 13.7. The Bertz CT molecular complexity index is 930. The number of amides is 1. The number of ether oxygens (including phenoxy) is 1. The quantitative estimate of drug-likeness (QED) is 0.750. The first-order valence-electron chi connectivity index (χ1n) is 7.86. The second kappa shape index (κ2) is 7.44. The minimum absolute atomic E-state index is 0.229. The maximum atomic E-state index is 12.4. The van der Waals surface area contributed by atoms with Gasteiger partial charge in [-0.3, -0.25) is 9.59 Å². The first-order valence-corrected chi connectivity index (χ1v) is 7.86. The second-order valence-corrected chi connectivity index (χ2v) is 5.30. The van der Waals surface area contributed by atoms with Crippen molar-refractivity contribution >= 4 is 11.6 Å². The molecule has 25 heavy (non-hydrogen) atoms. The summed E-state index contributed by atoms with van der Waals surface area (Å²) in [6.07, 6.45) is 0. The highest BCUT2D eigenvalue weighted by Gasteiger charge is 2.08. The molecule has 0 saturated heterocycles. The number of hydrogen-bond acceptors (Lipinski definition) is 4. The molecule has 0 bridgehead atoms. The number of carbonyl (C=O) groups excluding carboxylic acids is 1. The summed E-state index contributed by atoms with van der Waals surface area (Å²) in [6.45, 7) is 2.43. The molecule has 0 radical (unpaired) electrons. The molecular formula is C19H17N3O3. The summed E-state index contributed by atoms with van der Waals surface area (Å²) >= 11 is 0. The molecule has 6 heteroatoms. The Kier molecular flexibility index (Phi) is 4.89. The molecule has 0 spiro atoms. The molecule has 1 aromatic heterocycles. The fourth-order valence-electron chi connectivity index (χ4n) is 2.36. The molecule has 0 aliphatic heterocycles. The lowest BCUT2D eigenvalue weighted by molar-refractivity contribution is 0.102. The van der Waals surface area contributed by atoms with Crippen LogP contribution < -0.4 is 15.6 Å². The lowest BCUT2D eigenvalue weighted by atomic mass is 10.1. The second-order valence-electron chi connectivity index (χ2n) is 5.30. The fraction of sp³-hybridized carbons (Fsp3) is 0.105. The van der Waals surface area contributed by atoms with E-state index >= 15 is 0 Å². The van der Waals surface area contributed by atoms with Gasteiger partial charge >= 0.3 is 0 Å². The van der Waals surface area contributed by atoms with Crippen LogP contribution in [0.5, 0.6) is 5.75 Å². The van der Waals surface area contributed by atoms with Gasteiger partial charge in [-0.05, 0) is 43.3 Å². The van der Waals surface area contributed by atoms with Gasteiger partial charge < -0.3 is 10.1 Å². The number of carbonyl (C=O) groups is 1. The Morgan fingerprint density at radius 1 is 1.12 bits per heavy atom. The van der Waals surface area contributed by atoms with Gasteiger partial charge in [0.15, 0.2) is 0 Å². The van der Waals surface area contributed by atoms with Gasteiger partial charge in [0.2, 0.25) is 0 Å². The first-order chi connectivity index (χ1) is 12.2. The van der Waals surface area contributed by atoms with E-state index in [0.717, 1.165) is 5.56 Å². The van der Waals surface area contributed by atoms with E-state index in [2.05, 4.69) is 15.5 Å². The molecule has 0 aliphatic rings. The molecule has 1 heterocycles. The van der Waals surface area contributed by atoms with Crippen molar-refractivity contribution in [2.45, 2.75) is 6.92 Å². The number of rotatable bonds is 5. The topological polar surface area (TPSA) is 84.1 Å². The highest BCUT2D eigenvalue weighted by atomic mass is 16.5. The lowest BCUT2D eigenvalue weighted by Crippen LogP contribution is -2.12. The van der Waals surface area contributed by atoms with Crippen LogP contribution in [0.1, 0.15) is 17.3 Å². The molecule has 3 rings (SSSR count). The van der Waals surface area contributed by atoms with Crippen LogP contribution >= 0.6 is 0 Å². The summed E-state index contributed by atoms with van der Waals surface area (Å²) in [7, 11) is 0. The number of benzene rings is 2. The summed E-state index contributed by atoms with van der Waals surface area (Å²) < 4.78 is 5.42. The Balaban J connectivity index is 1.80. The van der Waals surface area contributed by atoms with Crippen molar-refractivity contribution in [1.29, 1.82) is 0 Å². The standard InChI is InChI=1S/C19H17N3O3/c1-2-25-16-8-4-6-14(12-16)19(24)20-15-7-3-5-13(11-15)17-9-10-18(23)22-21-17/h3-12H,2H2,1H3,(H,20,24)(H,22,23). The van der Waals surface area contributed by atoms with Crippen molar-refractivity contribution in [2.75, 3.05) is 11.9 Å². The van der Waals surface area contributed by atoms with E-state index in [1.807, 2.05) is 25.1 Å². The van der Waals surface area contributed by atoms with E-state index in [9.17, 15) is 9.59 Å². The van der Waals surface area contributed by atoms with Crippen molar-refractivity contribution < 1.29 is 9.53 Å². The maximum absolute atomic E-state index is 12.4. The van der Waals surface area contributed by atoms with E-state index in [0.29, 0.717) is 29.3 Å². The number of hydrogen-bond donors (Lipinski definition) is 2. The molecule has 0 unspecified atom stereocenters. The molecule has 1 amide bonds. The van der Waals surface area contributed by atoms with Crippen LogP contribution in [-0.4, -0.2) is 22.7 Å². The molecule has 2 N–H and O–H groups in total. The largest absolute Gasteiger partial charge is 0.494 e. The molecule has 0 saturated carbocycles. The molecule has 0 atom stereocenters. The van der Waals surface area contributed by atoms with Crippen LogP contribution in [0.25, 0.3) is 11.3 Å². The average molecular weight is 335 g/mol. The highest BCUT2D eigenvalue weighted by Crippen LogP contribution is 2.21. The number of nitrogens with one attached hydrogen (secondary N) is 2. The third-order valence-electron chi connectivity index (χ3n) is 3.50. The molecule has 126 valence electrons. The lowest BCUT2D eigenvalue weighted by Gasteiger charge is -2.09. The molecule has 6 nitrogen and oxygen atoms in total. The number of aromatic amines is 1. The summed E-state index contributed by atoms with van der Waals surface area (Å²) in [4.78, 5) is 23.5. The van der Waals surface area contributed by atoms with Crippen LogP contribution in [-0.2, 0) is 0 Å². The zero-order valence-electron chi connectivity index (χ0n) is 13.7. The summed E-state index contributed by atoms with van der Waals surface area (Å²) in [5.41, 5.74) is 2.30. The van der Waals surface area contributed by atoms with Gasteiger partial charge in [-0.25, -0.2) is 5.10 Å². The predicted octanol–water partition coefficient (Wildman–Crippen LogP) is 3.09. The third-order valence-corrected chi connectivity index (χ3v) is 3.50. The summed E-state index contributed by atoms with van der Waals surface area (Å²) in [5.74, 6) is 0.425. The molecule has 0 aliphatic carbocycles. The number of H-pyrrole nitrogens is 1. The van der Waals surface area contributed by atoms with E-state index in [1.54, 1.807) is 36.4 Å². The van der Waals surface area contributed by atoms with Gasteiger partial charge in [0.1, 0.15) is 5.75 Å². The van der Waals surface area contributed by atoms with Gasteiger partial charge in [-0.2, -0.15) is 5.10 Å². The number of anilines is 1. The summed E-state index contributed by atoms with van der Waals surface area (Å²) in [6, 6.07) is 17.3. The smallest absolute Gasteiger partial charge is 0.264 e. The number of nitrogens with zero attached hydrogens (tertiary/aromatic N) is 1. The summed E-state index contributed by atoms with van der Waals surface area (Å²) in [5, 5.41) is 9.24. The van der Waals surface area contributed by atoms with Gasteiger partial charge in [0, 0.05) is 22.9 Å². The van der Waals surface area contributed by atoms with Gasteiger partial charge in [-0.1, -0.05) is 18.2 Å². The van der Waals surface area contributed by atoms with Crippen molar-refractivity contribution in [3.63, 3.8) is 0 Å². The fourth-order valence-corrected chi connectivity index (χ4v) is 2.36. The Labute approximate surface area is 144 Å². The minimum Gasteiger partial charge on any atom is -0.494 e. The Morgan fingerprint density at radius 3 is 2.72 bits per heavy atom. The minimum atomic E-state index is -0.262. The van der Waals surface area contributed by atoms with E-state index in [1.165, 1.54) is 6.07 Å². The van der Waals surface area contributed by atoms with Crippen molar-refractivity contribution in [3.05, 3.63) is 76.6 Å². The Morgan fingerprint density at radius 2 is 1.96 bits per heavy atom. The highest BCUT2D eigenvalue weighted by molar-refractivity contribution is 6.04. The molecule has 0 fully saturated rings. The van der Waals surface area contributed by atoms with Crippen LogP contribution in [0.3, 0.4) is 0 Å². The monoisotopic (exact) mass is 335 g/mol. The zero-order chi connectivity index (χ0) is 17.6. The van der Waals surface area contributed by atoms with Crippen LogP contribution in [0, 0.1) is 0 Å². The Hall–Kier alpha value is -3.41. The predicted molar refractivity (Wildman–Crippen MR) is 95.9 cm³/mol. The van der Waals surface area contributed by atoms with Gasteiger partial charge in [0.25, 0.3) is 11.5 Å². The molecular weight excluding hydrogens is 318 g/mol. The van der Waals surface area contributed by atoms with Crippen LogP contribution in [0.2, 0.25) is 0 Å². The number of aromatic nitrogens is 2. The van der Waals surface area contributed by atoms with Crippen LogP contribution in [0.15, 0.2) is 65.5 Å². The van der Waals surface area contributed by atoms with Crippen molar-refractivity contribution in [1.82, 2.24) is 10.2 Å². The first kappa shape index (κ1) is 16.4. The molecule has 3 aromatic rings. The normalized spacial score (nSPS) is 10.3. The third kappa shape index (κ3) is 4.11. The molecule has 2 aromatic carbocycles.